The van der Waals surface area contributed by atoms with Gasteiger partial charge in [0.25, 0.3) is 0 Å². The molecule has 1 rings (SSSR count). The first-order valence-electron chi connectivity index (χ1n) is 7.33. The Hall–Kier alpha value is -1.26. The molecular weight excluding hydrogens is 486 g/mol. The van der Waals surface area contributed by atoms with E-state index in [1.54, 1.807) is 21.0 Å². The van der Waals surface area contributed by atoms with Crippen LogP contribution in [-0.4, -0.2) is 42.4 Å². The second-order valence-corrected chi connectivity index (χ2v) is 5.33. The zero-order valence-corrected chi connectivity index (χ0v) is 19.0. The van der Waals surface area contributed by atoms with E-state index in [1.165, 1.54) is 0 Å². The molecule has 1 radical (unpaired) electrons. The number of nitrogens with zero attached hydrogens (tertiary/aromatic N) is 4. The first kappa shape index (κ1) is 27.0. The van der Waals surface area contributed by atoms with Crippen LogP contribution in [0.3, 0.4) is 0 Å². The Kier molecular flexibility index (Phi) is 15.4. The van der Waals surface area contributed by atoms with Crippen molar-refractivity contribution in [3.05, 3.63) is 29.8 Å². The fourth-order valence-corrected chi connectivity index (χ4v) is 1.73. The number of hydrogen-bond acceptors (Lipinski definition) is 7. The van der Waals surface area contributed by atoms with E-state index < -0.39 is 0 Å². The van der Waals surface area contributed by atoms with Gasteiger partial charge in [0, 0.05) is 31.9 Å². The molecule has 0 saturated carbocycles. The minimum atomic E-state index is 0. The fraction of sp³-hybridized carbons (Fsp3) is 0.333. The van der Waals surface area contributed by atoms with Crippen molar-refractivity contribution in [3.8, 4) is 0 Å². The molecular formula is C15H21BrCuN7S2-. The van der Waals surface area contributed by atoms with Crippen molar-refractivity contribution in [2.45, 2.75) is 13.8 Å². The molecule has 0 amide bonds. The van der Waals surface area contributed by atoms with Gasteiger partial charge < -0.3 is 58.2 Å². The van der Waals surface area contributed by atoms with Gasteiger partial charge in [0.1, 0.15) is 5.71 Å². The van der Waals surface area contributed by atoms with E-state index in [2.05, 4.69) is 36.4 Å². The van der Waals surface area contributed by atoms with Crippen molar-refractivity contribution < 1.29 is 34.1 Å². The number of halogens is 1. The Balaban J connectivity index is 0. The summed E-state index contributed by atoms with van der Waals surface area (Å²) in [6.45, 7) is 4.69. The summed E-state index contributed by atoms with van der Waals surface area (Å²) < 4.78 is 0. The van der Waals surface area contributed by atoms with E-state index in [0.717, 1.165) is 17.8 Å². The second-order valence-electron chi connectivity index (χ2n) is 4.55. The molecule has 3 N–H and O–H groups in total. The van der Waals surface area contributed by atoms with Gasteiger partial charge in [-0.15, -0.1) is 5.10 Å². The zero-order chi connectivity index (χ0) is 17.9. The topological polar surface area (TPSA) is 85.5 Å². The van der Waals surface area contributed by atoms with Gasteiger partial charge in [0.15, 0.2) is 0 Å². The van der Waals surface area contributed by atoms with Gasteiger partial charge in [-0.25, -0.2) is 0 Å². The molecule has 0 aromatic heterocycles. The van der Waals surface area contributed by atoms with Crippen LogP contribution in [0.5, 0.6) is 0 Å². The van der Waals surface area contributed by atoms with Crippen LogP contribution in [0.4, 0.5) is 5.69 Å². The molecule has 0 atom stereocenters. The molecule has 0 aliphatic rings. The number of nitrogens with one attached hydrogen (secondary N) is 3. The quantitative estimate of drug-likeness (QED) is 0.143. The van der Waals surface area contributed by atoms with Gasteiger partial charge in [0.05, 0.1) is 5.71 Å². The van der Waals surface area contributed by atoms with Gasteiger partial charge in [-0.05, 0) is 36.3 Å². The van der Waals surface area contributed by atoms with Crippen LogP contribution in [0, 0.1) is 0 Å². The number of rotatable bonds is 6. The Morgan fingerprint density at radius 2 is 1.42 bits per heavy atom. The standard InChI is InChI=1S/C15H23N7S2.BrH.Cu/c1-5-18-12-8-6-11(7-9-12)13(20-22-15(24)17-4)10(2)19-21-14(23)16-3;;/h6-9,18H,5H2,1-4H3,(H2,16,21,23)(H2,17,22,24);1H;/q;;+2/p-3. The summed E-state index contributed by atoms with van der Waals surface area (Å²) in [6, 6.07) is 7.80. The minimum Gasteiger partial charge on any atom is -1.00 e. The van der Waals surface area contributed by atoms with Crippen LogP contribution < -0.4 is 32.9 Å². The first-order valence-corrected chi connectivity index (χ1v) is 8.15. The molecule has 0 spiro atoms. The average Bonchev–Trinajstić information content (AvgIpc) is 2.61. The monoisotopic (exact) mass is 505 g/mol. The largest absolute Gasteiger partial charge is 2.00 e. The van der Waals surface area contributed by atoms with Crippen molar-refractivity contribution in [3.63, 3.8) is 0 Å². The average molecular weight is 507 g/mol. The minimum absolute atomic E-state index is 0. The molecule has 26 heavy (non-hydrogen) atoms. The van der Waals surface area contributed by atoms with Crippen molar-refractivity contribution in [1.29, 1.82) is 0 Å². The number of anilines is 1. The summed E-state index contributed by atoms with van der Waals surface area (Å²) >= 11 is 9.96. The van der Waals surface area contributed by atoms with Crippen LogP contribution in [0.1, 0.15) is 19.4 Å². The van der Waals surface area contributed by atoms with Crippen LogP contribution in [0.15, 0.2) is 44.7 Å². The Morgan fingerprint density at radius 1 is 0.923 bits per heavy atom. The van der Waals surface area contributed by atoms with E-state index in [-0.39, 0.29) is 39.2 Å². The van der Waals surface area contributed by atoms with Crippen LogP contribution in [0.25, 0.3) is 0 Å². The van der Waals surface area contributed by atoms with Gasteiger partial charge >= 0.3 is 17.1 Å². The van der Waals surface area contributed by atoms with E-state index >= 15 is 0 Å². The zero-order valence-electron chi connectivity index (χ0n) is 14.8. The molecule has 0 fully saturated rings. The van der Waals surface area contributed by atoms with Crippen LogP contribution in [0.2, 0.25) is 0 Å². The number of amidine groups is 2. The molecule has 0 aliphatic heterocycles. The summed E-state index contributed by atoms with van der Waals surface area (Å²) in [4.78, 5) is 0. The molecule has 0 heterocycles. The summed E-state index contributed by atoms with van der Waals surface area (Å²) in [6.07, 6.45) is 0. The van der Waals surface area contributed by atoms with E-state index in [4.69, 9.17) is 25.3 Å². The molecule has 1 aromatic rings. The number of hydrogen-bond donors (Lipinski definition) is 3. The summed E-state index contributed by atoms with van der Waals surface area (Å²) in [5.41, 5.74) is 3.02. The van der Waals surface area contributed by atoms with E-state index in [1.807, 2.05) is 31.2 Å². The summed E-state index contributed by atoms with van der Waals surface area (Å²) in [7, 11) is 3.37. The Morgan fingerprint density at radius 3 is 1.88 bits per heavy atom. The summed E-state index contributed by atoms with van der Waals surface area (Å²) in [5, 5.41) is 25.5. The number of benzene rings is 1. The second kappa shape index (κ2) is 14.9. The maximum absolute atomic E-state index is 5.00. The molecule has 11 heteroatoms. The maximum Gasteiger partial charge on any atom is 2.00 e. The van der Waals surface area contributed by atoms with Gasteiger partial charge in [-0.3, -0.25) is 0 Å². The van der Waals surface area contributed by atoms with Crippen molar-refractivity contribution in [1.82, 2.24) is 10.6 Å². The van der Waals surface area contributed by atoms with Crippen molar-refractivity contribution >= 4 is 52.7 Å². The van der Waals surface area contributed by atoms with E-state index in [0.29, 0.717) is 16.6 Å². The third kappa shape index (κ3) is 9.44. The molecule has 0 aliphatic carbocycles. The van der Waals surface area contributed by atoms with Crippen molar-refractivity contribution in [2.24, 2.45) is 20.4 Å². The fourth-order valence-electron chi connectivity index (χ4n) is 1.65. The Labute approximate surface area is 186 Å². The van der Waals surface area contributed by atoms with Gasteiger partial charge in [-0.1, -0.05) is 12.1 Å². The predicted molar refractivity (Wildman–Crippen MR) is 108 cm³/mol. The molecule has 7 nitrogen and oxygen atoms in total. The molecule has 0 saturated heterocycles. The maximum atomic E-state index is 5.00. The van der Waals surface area contributed by atoms with Crippen LogP contribution in [-0.2, 0) is 42.3 Å². The predicted octanol–water partition coefficient (Wildman–Crippen LogP) is -1.56. The van der Waals surface area contributed by atoms with Crippen LogP contribution >= 0.6 is 0 Å². The SMILES string of the molecule is CCNc1ccc(C(=NN=C([S-])NC)C(C)=NN=C([S-])NC)cc1.[Br-].[Cu+2]. The molecule has 1 aromatic carbocycles. The molecule has 0 bridgehead atoms. The van der Waals surface area contributed by atoms with E-state index in [9.17, 15) is 0 Å². The third-order valence-corrected chi connectivity index (χ3v) is 3.41. The smallest absolute Gasteiger partial charge is 1.00 e. The van der Waals surface area contributed by atoms with Crippen molar-refractivity contribution in [2.75, 3.05) is 26.0 Å². The van der Waals surface area contributed by atoms with Gasteiger partial charge in [-0.2, -0.15) is 15.3 Å². The third-order valence-electron chi connectivity index (χ3n) is 2.84. The molecule has 147 valence electrons. The van der Waals surface area contributed by atoms with Gasteiger partial charge in [0.2, 0.25) is 0 Å². The summed E-state index contributed by atoms with van der Waals surface area (Å²) in [5.74, 6) is 0. The Bertz CT molecular complexity index is 660. The molecule has 0 unspecified atom stereocenters. The first-order chi connectivity index (χ1) is 11.5. The normalized spacial score (nSPS) is 12.6.